The standard InChI is InChI=1S/C20H23NO3.ClH/c22-18-14-21(12-11-17(18)13-19(23)24)20(15-7-3-1-4-8-15)16-9-5-2-6-10-16;/h1-10,17-18,20,22H,11-14H2,(H,23,24);1H. The zero-order valence-electron chi connectivity index (χ0n) is 14.0. The van der Waals surface area contributed by atoms with Crippen LogP contribution >= 0.6 is 12.4 Å². The Labute approximate surface area is 154 Å². The van der Waals surface area contributed by atoms with Crippen molar-refractivity contribution in [2.75, 3.05) is 13.1 Å². The summed E-state index contributed by atoms with van der Waals surface area (Å²) in [5.74, 6) is -0.999. The maximum absolute atomic E-state index is 10.9. The molecule has 25 heavy (non-hydrogen) atoms. The number of carboxylic acids is 1. The van der Waals surface area contributed by atoms with Gasteiger partial charge in [-0.15, -0.1) is 12.4 Å². The molecular weight excluding hydrogens is 338 g/mol. The molecule has 2 N–H and O–H groups in total. The van der Waals surface area contributed by atoms with Crippen molar-refractivity contribution in [1.29, 1.82) is 0 Å². The van der Waals surface area contributed by atoms with Gasteiger partial charge in [0.25, 0.3) is 0 Å². The lowest BCUT2D eigenvalue weighted by molar-refractivity contribution is -0.140. The van der Waals surface area contributed by atoms with E-state index in [1.807, 2.05) is 36.4 Å². The Morgan fingerprint density at radius 1 is 1.04 bits per heavy atom. The van der Waals surface area contributed by atoms with Crippen molar-refractivity contribution >= 4 is 18.4 Å². The number of carboxylic acid groups (broad SMARTS) is 1. The van der Waals surface area contributed by atoms with Gasteiger partial charge in [0.15, 0.2) is 0 Å². The van der Waals surface area contributed by atoms with E-state index in [0.29, 0.717) is 13.0 Å². The highest BCUT2D eigenvalue weighted by Crippen LogP contribution is 2.33. The normalized spacial score (nSPS) is 20.9. The number of β-amino-alcohol motifs (C(OH)–C–C–N with tert-alkyl or cyclic N) is 1. The van der Waals surface area contributed by atoms with E-state index in [9.17, 15) is 9.90 Å². The van der Waals surface area contributed by atoms with E-state index < -0.39 is 12.1 Å². The monoisotopic (exact) mass is 361 g/mol. The largest absolute Gasteiger partial charge is 0.481 e. The molecular formula is C20H24ClNO3. The van der Waals surface area contributed by atoms with Gasteiger partial charge < -0.3 is 10.2 Å². The number of carbonyl (C=O) groups is 1. The van der Waals surface area contributed by atoms with E-state index in [4.69, 9.17) is 5.11 Å². The lowest BCUT2D eigenvalue weighted by atomic mass is 9.88. The maximum atomic E-state index is 10.9. The summed E-state index contributed by atoms with van der Waals surface area (Å²) >= 11 is 0. The summed E-state index contributed by atoms with van der Waals surface area (Å²) in [6.07, 6.45) is 0.129. The topological polar surface area (TPSA) is 60.8 Å². The van der Waals surface area contributed by atoms with Crippen molar-refractivity contribution in [3.63, 3.8) is 0 Å². The van der Waals surface area contributed by atoms with Gasteiger partial charge in [0, 0.05) is 6.54 Å². The van der Waals surface area contributed by atoms with Crippen LogP contribution in [0.3, 0.4) is 0 Å². The van der Waals surface area contributed by atoms with Gasteiger partial charge in [-0.2, -0.15) is 0 Å². The summed E-state index contributed by atoms with van der Waals surface area (Å²) in [6.45, 7) is 1.27. The smallest absolute Gasteiger partial charge is 0.303 e. The average Bonchev–Trinajstić information content (AvgIpc) is 2.59. The number of hydrogen-bond donors (Lipinski definition) is 2. The first kappa shape index (κ1) is 19.4. The number of hydrogen-bond acceptors (Lipinski definition) is 3. The van der Waals surface area contributed by atoms with Crippen LogP contribution in [-0.4, -0.2) is 40.3 Å². The van der Waals surface area contributed by atoms with Crippen LogP contribution in [0.15, 0.2) is 60.7 Å². The quantitative estimate of drug-likeness (QED) is 0.857. The predicted octanol–water partition coefficient (Wildman–Crippen LogP) is 3.36. The molecule has 2 unspecified atom stereocenters. The lowest BCUT2D eigenvalue weighted by Crippen LogP contribution is -2.46. The highest BCUT2D eigenvalue weighted by Gasteiger charge is 2.33. The van der Waals surface area contributed by atoms with Crippen LogP contribution in [-0.2, 0) is 4.79 Å². The minimum atomic E-state index is -0.838. The van der Waals surface area contributed by atoms with E-state index in [1.165, 1.54) is 11.1 Å². The van der Waals surface area contributed by atoms with Gasteiger partial charge in [-0.05, 0) is 30.0 Å². The first-order chi connectivity index (χ1) is 11.6. The second-order valence-corrected chi connectivity index (χ2v) is 6.43. The third-order valence-corrected chi connectivity index (χ3v) is 4.79. The van der Waals surface area contributed by atoms with Gasteiger partial charge in [-0.3, -0.25) is 9.69 Å². The Balaban J connectivity index is 0.00000225. The number of halogens is 1. The zero-order valence-corrected chi connectivity index (χ0v) is 14.8. The van der Waals surface area contributed by atoms with Crippen LogP contribution in [0.5, 0.6) is 0 Å². The SMILES string of the molecule is Cl.O=C(O)CC1CCN(C(c2ccccc2)c2ccccc2)CC1O. The number of benzene rings is 2. The molecule has 2 aromatic rings. The van der Waals surface area contributed by atoms with Crippen molar-refractivity contribution in [2.24, 2.45) is 5.92 Å². The van der Waals surface area contributed by atoms with Crippen LogP contribution in [0, 0.1) is 5.92 Å². The molecule has 0 aliphatic carbocycles. The molecule has 0 aromatic heterocycles. The fourth-order valence-corrected chi connectivity index (χ4v) is 3.59. The summed E-state index contributed by atoms with van der Waals surface area (Å²) in [4.78, 5) is 13.2. The van der Waals surface area contributed by atoms with E-state index in [2.05, 4.69) is 29.2 Å². The summed E-state index contributed by atoms with van der Waals surface area (Å²) in [6, 6.07) is 20.6. The number of aliphatic hydroxyl groups is 1. The third kappa shape index (κ3) is 4.82. The predicted molar refractivity (Wildman–Crippen MR) is 99.9 cm³/mol. The molecule has 3 rings (SSSR count). The van der Waals surface area contributed by atoms with E-state index in [-0.39, 0.29) is 30.8 Å². The second-order valence-electron chi connectivity index (χ2n) is 6.43. The Kier molecular flexibility index (Phi) is 7.00. The molecule has 1 aliphatic heterocycles. The zero-order chi connectivity index (χ0) is 16.9. The van der Waals surface area contributed by atoms with Crippen LogP contribution in [0.1, 0.15) is 30.0 Å². The summed E-state index contributed by atoms with van der Waals surface area (Å²) < 4.78 is 0. The van der Waals surface area contributed by atoms with E-state index >= 15 is 0 Å². The Morgan fingerprint density at radius 3 is 2.00 bits per heavy atom. The second kappa shape index (κ2) is 8.99. The molecule has 4 nitrogen and oxygen atoms in total. The minimum absolute atomic E-state index is 0. The Hall–Kier alpha value is -1.88. The molecule has 0 amide bonds. The Bertz CT molecular complexity index is 626. The van der Waals surface area contributed by atoms with Gasteiger partial charge in [-0.25, -0.2) is 0 Å². The van der Waals surface area contributed by atoms with Crippen molar-refractivity contribution in [3.05, 3.63) is 71.8 Å². The van der Waals surface area contributed by atoms with E-state index in [1.54, 1.807) is 0 Å². The summed E-state index contributed by atoms with van der Waals surface area (Å²) in [5, 5.41) is 19.4. The van der Waals surface area contributed by atoms with Crippen LogP contribution < -0.4 is 0 Å². The number of aliphatic carboxylic acids is 1. The lowest BCUT2D eigenvalue weighted by Gasteiger charge is -2.40. The van der Waals surface area contributed by atoms with Crippen LogP contribution in [0.2, 0.25) is 0 Å². The van der Waals surface area contributed by atoms with Gasteiger partial charge in [0.05, 0.1) is 18.6 Å². The number of piperidine rings is 1. The fraction of sp³-hybridized carbons (Fsp3) is 0.350. The molecule has 0 saturated carbocycles. The molecule has 1 fully saturated rings. The van der Waals surface area contributed by atoms with Crippen molar-refractivity contribution in [1.82, 2.24) is 4.90 Å². The molecule has 1 aliphatic rings. The summed E-state index contributed by atoms with van der Waals surface area (Å²) in [7, 11) is 0. The van der Waals surface area contributed by atoms with E-state index in [0.717, 1.165) is 6.54 Å². The summed E-state index contributed by atoms with van der Waals surface area (Å²) in [5.41, 5.74) is 2.38. The van der Waals surface area contributed by atoms with Gasteiger partial charge in [0.1, 0.15) is 0 Å². The number of rotatable bonds is 5. The van der Waals surface area contributed by atoms with Crippen LogP contribution in [0.25, 0.3) is 0 Å². The molecule has 2 aromatic carbocycles. The molecule has 0 radical (unpaired) electrons. The van der Waals surface area contributed by atoms with Crippen molar-refractivity contribution in [2.45, 2.75) is 25.0 Å². The first-order valence-electron chi connectivity index (χ1n) is 8.39. The van der Waals surface area contributed by atoms with Crippen LogP contribution in [0.4, 0.5) is 0 Å². The third-order valence-electron chi connectivity index (χ3n) is 4.79. The average molecular weight is 362 g/mol. The molecule has 1 heterocycles. The Morgan fingerprint density at radius 2 is 1.56 bits per heavy atom. The molecule has 1 saturated heterocycles. The van der Waals surface area contributed by atoms with Crippen molar-refractivity contribution < 1.29 is 15.0 Å². The molecule has 5 heteroatoms. The number of aliphatic hydroxyl groups excluding tert-OH is 1. The van der Waals surface area contributed by atoms with Gasteiger partial charge in [0.2, 0.25) is 0 Å². The van der Waals surface area contributed by atoms with Gasteiger partial charge >= 0.3 is 5.97 Å². The van der Waals surface area contributed by atoms with Gasteiger partial charge in [-0.1, -0.05) is 60.7 Å². The fourth-order valence-electron chi connectivity index (χ4n) is 3.59. The molecule has 134 valence electrons. The molecule has 0 bridgehead atoms. The highest BCUT2D eigenvalue weighted by molar-refractivity contribution is 5.85. The molecule has 0 spiro atoms. The number of likely N-dealkylation sites (tertiary alicyclic amines) is 1. The number of nitrogens with zero attached hydrogens (tertiary/aromatic N) is 1. The first-order valence-corrected chi connectivity index (χ1v) is 8.39. The molecule has 2 atom stereocenters. The maximum Gasteiger partial charge on any atom is 0.303 e. The minimum Gasteiger partial charge on any atom is -0.481 e. The van der Waals surface area contributed by atoms with Crippen molar-refractivity contribution in [3.8, 4) is 0 Å². The highest BCUT2D eigenvalue weighted by atomic mass is 35.5.